The van der Waals surface area contributed by atoms with Crippen LogP contribution in [0.25, 0.3) is 0 Å². The van der Waals surface area contributed by atoms with Crippen molar-refractivity contribution in [3.63, 3.8) is 0 Å². The van der Waals surface area contributed by atoms with Gasteiger partial charge in [-0.15, -0.1) is 21.5 Å². The Bertz CT molecular complexity index is 940. The van der Waals surface area contributed by atoms with Crippen molar-refractivity contribution in [2.75, 3.05) is 20.2 Å². The minimum absolute atomic E-state index is 0.250. The fourth-order valence-corrected chi connectivity index (χ4v) is 3.23. The summed E-state index contributed by atoms with van der Waals surface area (Å²) < 4.78 is 21.2. The van der Waals surface area contributed by atoms with Gasteiger partial charge in [-0.2, -0.15) is 0 Å². The van der Waals surface area contributed by atoms with Gasteiger partial charge in [-0.05, 0) is 30.5 Å². The highest BCUT2D eigenvalue weighted by atomic mass is 32.1. The van der Waals surface area contributed by atoms with Gasteiger partial charge in [-0.1, -0.05) is 18.2 Å². The predicted octanol–water partition coefficient (Wildman–Crippen LogP) is 2.98. The summed E-state index contributed by atoms with van der Waals surface area (Å²) in [5.74, 6) is 2.23. The quantitative estimate of drug-likeness (QED) is 0.452. The minimum atomic E-state index is -0.363. The van der Waals surface area contributed by atoms with E-state index in [1.807, 2.05) is 41.9 Å². The Labute approximate surface area is 173 Å². The summed E-state index contributed by atoms with van der Waals surface area (Å²) in [5, 5.41) is 13.7. The lowest BCUT2D eigenvalue weighted by Crippen LogP contribution is -2.40. The molecule has 0 amide bonds. The van der Waals surface area contributed by atoms with E-state index in [9.17, 15) is 4.39 Å². The summed E-state index contributed by atoms with van der Waals surface area (Å²) in [5.41, 5.74) is 0. The SMILES string of the molecule is Cc1nnc(CN=C(NCc2cccs2)N(C)CCOc2ccccc2F)n1C. The number of hydrogen-bond acceptors (Lipinski definition) is 5. The number of ether oxygens (including phenoxy) is 1. The lowest BCUT2D eigenvalue weighted by Gasteiger charge is -2.22. The number of aliphatic imine (C=N–C) groups is 1. The standard InChI is InChI=1S/C20H25FN6OS/c1-15-24-25-19(27(15)3)14-23-20(22-13-16-7-6-12-29-16)26(2)10-11-28-18-9-5-4-8-17(18)21/h4-9,12H,10-11,13-14H2,1-3H3,(H,22,23). The third-order valence-corrected chi connectivity index (χ3v) is 5.31. The van der Waals surface area contributed by atoms with Crippen molar-refractivity contribution >= 4 is 17.3 Å². The molecule has 3 aromatic rings. The highest BCUT2D eigenvalue weighted by Crippen LogP contribution is 2.15. The number of nitrogens with one attached hydrogen (secondary N) is 1. The summed E-state index contributed by atoms with van der Waals surface area (Å²) in [7, 11) is 3.85. The highest BCUT2D eigenvalue weighted by molar-refractivity contribution is 7.09. The molecule has 0 aliphatic heterocycles. The molecule has 0 unspecified atom stereocenters. The Hall–Kier alpha value is -2.94. The van der Waals surface area contributed by atoms with E-state index in [2.05, 4.69) is 21.6 Å². The van der Waals surface area contributed by atoms with Gasteiger partial charge in [0.25, 0.3) is 0 Å². The number of halogens is 1. The molecule has 0 fully saturated rings. The monoisotopic (exact) mass is 416 g/mol. The van der Waals surface area contributed by atoms with Crippen LogP contribution in [0.15, 0.2) is 46.8 Å². The number of guanidine groups is 1. The van der Waals surface area contributed by atoms with Gasteiger partial charge in [0.2, 0.25) is 0 Å². The fourth-order valence-electron chi connectivity index (χ4n) is 2.59. The Morgan fingerprint density at radius 2 is 2.10 bits per heavy atom. The maximum Gasteiger partial charge on any atom is 0.194 e. The van der Waals surface area contributed by atoms with Crippen LogP contribution in [0, 0.1) is 12.7 Å². The van der Waals surface area contributed by atoms with Gasteiger partial charge >= 0.3 is 0 Å². The predicted molar refractivity (Wildman–Crippen MR) is 113 cm³/mol. The second-order valence-corrected chi connectivity index (χ2v) is 7.53. The van der Waals surface area contributed by atoms with E-state index >= 15 is 0 Å². The average Bonchev–Trinajstić information content (AvgIpc) is 3.34. The van der Waals surface area contributed by atoms with Crippen LogP contribution in [0.1, 0.15) is 16.5 Å². The zero-order chi connectivity index (χ0) is 20.6. The van der Waals surface area contributed by atoms with Crippen LogP contribution < -0.4 is 10.1 Å². The molecule has 3 rings (SSSR count). The molecular weight excluding hydrogens is 391 g/mol. The number of likely N-dealkylation sites (N-methyl/N-ethyl adjacent to an activating group) is 1. The first kappa shape index (κ1) is 20.8. The van der Waals surface area contributed by atoms with E-state index in [-0.39, 0.29) is 11.6 Å². The lowest BCUT2D eigenvalue weighted by atomic mass is 10.3. The van der Waals surface area contributed by atoms with Crippen LogP contribution in [0.5, 0.6) is 5.75 Å². The van der Waals surface area contributed by atoms with Crippen molar-refractivity contribution in [1.82, 2.24) is 25.0 Å². The summed E-state index contributed by atoms with van der Waals surface area (Å²) in [6.45, 7) is 3.86. The Kier molecular flexibility index (Phi) is 7.18. The molecule has 7 nitrogen and oxygen atoms in total. The molecule has 0 saturated heterocycles. The zero-order valence-electron chi connectivity index (χ0n) is 16.8. The highest BCUT2D eigenvalue weighted by Gasteiger charge is 2.10. The molecule has 0 spiro atoms. The van der Waals surface area contributed by atoms with Gasteiger partial charge < -0.3 is 19.5 Å². The topological polar surface area (TPSA) is 67.6 Å². The van der Waals surface area contributed by atoms with Crippen LogP contribution in [-0.4, -0.2) is 45.8 Å². The van der Waals surface area contributed by atoms with Gasteiger partial charge in [0.05, 0.1) is 13.1 Å². The summed E-state index contributed by atoms with van der Waals surface area (Å²) >= 11 is 1.68. The number of aryl methyl sites for hydroxylation is 1. The summed E-state index contributed by atoms with van der Waals surface area (Å²) in [6, 6.07) is 10.5. The van der Waals surface area contributed by atoms with E-state index in [4.69, 9.17) is 9.73 Å². The largest absolute Gasteiger partial charge is 0.489 e. The van der Waals surface area contributed by atoms with Crippen molar-refractivity contribution in [3.8, 4) is 5.75 Å². The van der Waals surface area contributed by atoms with Gasteiger partial charge in [0.1, 0.15) is 19.0 Å². The van der Waals surface area contributed by atoms with Crippen LogP contribution in [-0.2, 0) is 20.1 Å². The fraction of sp³-hybridized carbons (Fsp3) is 0.350. The maximum atomic E-state index is 13.7. The summed E-state index contributed by atoms with van der Waals surface area (Å²) in [6.07, 6.45) is 0. The molecule has 1 aromatic carbocycles. The van der Waals surface area contributed by atoms with Crippen LogP contribution >= 0.6 is 11.3 Å². The van der Waals surface area contributed by atoms with Crippen molar-refractivity contribution in [3.05, 3.63) is 64.1 Å². The number of thiophene rings is 1. The second kappa shape index (κ2) is 10.0. The molecule has 2 heterocycles. The normalized spacial score (nSPS) is 11.5. The van der Waals surface area contributed by atoms with E-state index in [1.165, 1.54) is 10.9 Å². The molecule has 154 valence electrons. The lowest BCUT2D eigenvalue weighted by molar-refractivity contribution is 0.270. The Morgan fingerprint density at radius 3 is 2.79 bits per heavy atom. The molecule has 1 N–H and O–H groups in total. The maximum absolute atomic E-state index is 13.7. The second-order valence-electron chi connectivity index (χ2n) is 6.50. The first-order valence-electron chi connectivity index (χ1n) is 9.28. The molecule has 0 atom stereocenters. The number of para-hydroxylation sites is 1. The van der Waals surface area contributed by atoms with Gasteiger partial charge in [-0.3, -0.25) is 0 Å². The van der Waals surface area contributed by atoms with Crippen LogP contribution in [0.2, 0.25) is 0 Å². The van der Waals surface area contributed by atoms with Crippen molar-refractivity contribution in [2.45, 2.75) is 20.0 Å². The Balaban J connectivity index is 1.63. The van der Waals surface area contributed by atoms with Crippen molar-refractivity contribution in [2.24, 2.45) is 12.0 Å². The minimum Gasteiger partial charge on any atom is -0.489 e. The van der Waals surface area contributed by atoms with Gasteiger partial charge in [-0.25, -0.2) is 9.38 Å². The van der Waals surface area contributed by atoms with Crippen LogP contribution in [0.4, 0.5) is 4.39 Å². The average molecular weight is 417 g/mol. The third-order valence-electron chi connectivity index (χ3n) is 4.44. The van der Waals surface area contributed by atoms with Crippen molar-refractivity contribution < 1.29 is 9.13 Å². The molecular formula is C20H25FN6OS. The van der Waals surface area contributed by atoms with Crippen LogP contribution in [0.3, 0.4) is 0 Å². The van der Waals surface area contributed by atoms with E-state index < -0.39 is 0 Å². The van der Waals surface area contributed by atoms with E-state index in [0.29, 0.717) is 26.2 Å². The number of benzene rings is 1. The molecule has 9 heteroatoms. The summed E-state index contributed by atoms with van der Waals surface area (Å²) in [4.78, 5) is 7.86. The molecule has 0 aliphatic carbocycles. The molecule has 0 aliphatic rings. The van der Waals surface area contributed by atoms with E-state index in [1.54, 1.807) is 29.5 Å². The molecule has 0 saturated carbocycles. The van der Waals surface area contributed by atoms with E-state index in [0.717, 1.165) is 17.6 Å². The number of hydrogen-bond donors (Lipinski definition) is 1. The van der Waals surface area contributed by atoms with Gasteiger partial charge in [0, 0.05) is 19.0 Å². The molecule has 0 radical (unpaired) electrons. The Morgan fingerprint density at radius 1 is 1.28 bits per heavy atom. The molecule has 2 aromatic heterocycles. The molecule has 29 heavy (non-hydrogen) atoms. The number of aromatic nitrogens is 3. The third kappa shape index (κ3) is 5.77. The first-order chi connectivity index (χ1) is 14.0. The number of nitrogens with zero attached hydrogens (tertiary/aromatic N) is 5. The smallest absolute Gasteiger partial charge is 0.194 e. The van der Waals surface area contributed by atoms with Gasteiger partial charge in [0.15, 0.2) is 23.4 Å². The number of rotatable bonds is 8. The van der Waals surface area contributed by atoms with Crippen molar-refractivity contribution in [1.29, 1.82) is 0 Å². The zero-order valence-corrected chi connectivity index (χ0v) is 17.6. The first-order valence-corrected chi connectivity index (χ1v) is 10.2. The molecule has 0 bridgehead atoms.